The Balaban J connectivity index is 0.000000156. The second-order valence-corrected chi connectivity index (χ2v) is 10.4. The van der Waals surface area contributed by atoms with Crippen LogP contribution in [0.1, 0.15) is 48.5 Å². The molecule has 0 aliphatic carbocycles. The van der Waals surface area contributed by atoms with Crippen LogP contribution in [0, 0.1) is 0 Å². The summed E-state index contributed by atoms with van der Waals surface area (Å²) < 4.78 is 5.33. The molecule has 1 N–H and O–H groups in total. The highest BCUT2D eigenvalue weighted by Gasteiger charge is 2.49. The largest absolute Gasteiger partial charge is 0.431 e. The lowest BCUT2D eigenvalue weighted by molar-refractivity contribution is -0.0543. The molecule has 5 aromatic carbocycles. The number of rotatable bonds is 4. The molecule has 2 aliphatic rings. The molecule has 0 aromatic heterocycles. The van der Waals surface area contributed by atoms with Crippen molar-refractivity contribution in [3.63, 3.8) is 0 Å². The third-order valence-electron chi connectivity index (χ3n) is 7.40. The van der Waals surface area contributed by atoms with Crippen molar-refractivity contribution in [1.82, 2.24) is 4.90 Å². The molecule has 2 atom stereocenters. The number of cyclic esters (lactones) is 1. The van der Waals surface area contributed by atoms with Gasteiger partial charge in [-0.2, -0.15) is 0 Å². The quantitative estimate of drug-likeness (QED) is 0.193. The maximum Gasteiger partial charge on any atom is 0.340 e. The number of hydrogen-bond donors (Lipinski definition) is 1. The van der Waals surface area contributed by atoms with Crippen molar-refractivity contribution in [1.29, 1.82) is 0 Å². The van der Waals surface area contributed by atoms with Crippen molar-refractivity contribution in [2.24, 2.45) is 0 Å². The van der Waals surface area contributed by atoms with Crippen LogP contribution in [0.25, 0.3) is 0 Å². The summed E-state index contributed by atoms with van der Waals surface area (Å²) in [6, 6.07) is 42.9. The van der Waals surface area contributed by atoms with Gasteiger partial charge < -0.3 is 9.84 Å². The molecule has 6 heteroatoms. The molecular formula is C35H26ClNO4. The van der Waals surface area contributed by atoms with E-state index >= 15 is 0 Å². The Morgan fingerprint density at radius 3 is 1.73 bits per heavy atom. The summed E-state index contributed by atoms with van der Waals surface area (Å²) in [6.07, 6.45) is 0. The SMILES string of the molecule is O=C1OC(Cl)(c2ccccc2)c2ccccc21.O=C1c2ccccc2C(O)(c2ccccc2)N1Cc1ccccc1. The van der Waals surface area contributed by atoms with E-state index in [0.29, 0.717) is 34.4 Å². The minimum atomic E-state index is -1.45. The number of fused-ring (bicyclic) bond motifs is 2. The lowest BCUT2D eigenvalue weighted by Gasteiger charge is -2.35. The van der Waals surface area contributed by atoms with Gasteiger partial charge in [0.1, 0.15) is 0 Å². The van der Waals surface area contributed by atoms with Crippen LogP contribution in [0.5, 0.6) is 0 Å². The Morgan fingerprint density at radius 1 is 0.610 bits per heavy atom. The number of esters is 1. The van der Waals surface area contributed by atoms with Crippen LogP contribution in [-0.4, -0.2) is 21.9 Å². The highest BCUT2D eigenvalue weighted by Crippen LogP contribution is 2.45. The predicted molar refractivity (Wildman–Crippen MR) is 157 cm³/mol. The summed E-state index contributed by atoms with van der Waals surface area (Å²) in [6.45, 7) is 0.347. The van der Waals surface area contributed by atoms with Gasteiger partial charge in [0.05, 0.1) is 5.56 Å². The van der Waals surface area contributed by atoms with E-state index in [4.69, 9.17) is 16.3 Å². The van der Waals surface area contributed by atoms with E-state index in [0.717, 1.165) is 11.1 Å². The van der Waals surface area contributed by atoms with E-state index in [1.807, 2.05) is 121 Å². The molecule has 0 saturated carbocycles. The minimum absolute atomic E-state index is 0.152. The fourth-order valence-corrected chi connectivity index (χ4v) is 5.75. The van der Waals surface area contributed by atoms with Crippen LogP contribution in [-0.2, 0) is 22.1 Å². The maximum atomic E-state index is 13.0. The van der Waals surface area contributed by atoms with Gasteiger partial charge in [0.15, 0.2) is 5.72 Å². The van der Waals surface area contributed by atoms with Crippen molar-refractivity contribution in [3.05, 3.63) is 178 Å². The predicted octanol–water partition coefficient (Wildman–Crippen LogP) is 6.83. The first-order valence-electron chi connectivity index (χ1n) is 13.2. The van der Waals surface area contributed by atoms with Crippen molar-refractivity contribution >= 4 is 23.5 Å². The first kappa shape index (κ1) is 26.5. The molecule has 7 rings (SSSR count). The molecule has 1 amide bonds. The second-order valence-electron chi connectivity index (χ2n) is 9.86. The zero-order chi connectivity index (χ0) is 28.5. The molecule has 0 bridgehead atoms. The number of carbonyl (C=O) groups excluding carboxylic acids is 2. The Morgan fingerprint density at radius 2 is 1.10 bits per heavy atom. The normalized spacial score (nSPS) is 20.5. The number of alkyl halides is 1. The maximum absolute atomic E-state index is 13.0. The topological polar surface area (TPSA) is 66.8 Å². The number of carbonyl (C=O) groups is 2. The number of hydrogen-bond acceptors (Lipinski definition) is 4. The van der Waals surface area contributed by atoms with Crippen LogP contribution in [0.15, 0.2) is 140 Å². The summed E-state index contributed by atoms with van der Waals surface area (Å²) in [5.74, 6) is -0.528. The number of nitrogens with zero attached hydrogens (tertiary/aromatic N) is 1. The lowest BCUT2D eigenvalue weighted by Crippen LogP contribution is -2.44. The summed E-state index contributed by atoms with van der Waals surface area (Å²) in [7, 11) is 0. The fraction of sp³-hybridized carbons (Fsp3) is 0.0857. The summed E-state index contributed by atoms with van der Waals surface area (Å²) >= 11 is 6.48. The molecule has 0 radical (unpaired) electrons. The van der Waals surface area contributed by atoms with Crippen LogP contribution >= 0.6 is 11.6 Å². The average Bonchev–Trinajstić information content (AvgIpc) is 3.43. The molecule has 2 unspecified atom stereocenters. The Hall–Kier alpha value is -4.71. The van der Waals surface area contributed by atoms with Gasteiger partial charge in [-0.25, -0.2) is 4.79 Å². The van der Waals surface area contributed by atoms with Gasteiger partial charge in [-0.15, -0.1) is 0 Å². The van der Waals surface area contributed by atoms with Gasteiger partial charge >= 0.3 is 5.97 Å². The van der Waals surface area contributed by atoms with E-state index < -0.39 is 10.8 Å². The molecule has 5 nitrogen and oxygen atoms in total. The van der Waals surface area contributed by atoms with E-state index in [-0.39, 0.29) is 11.9 Å². The molecule has 202 valence electrons. The van der Waals surface area contributed by atoms with Crippen LogP contribution in [0.4, 0.5) is 0 Å². The highest BCUT2D eigenvalue weighted by atomic mass is 35.5. The standard InChI is InChI=1S/C21H17NO2.C14H9ClO2/c23-20-18-13-7-8-14-19(18)21(24,17-11-5-2-6-12-17)22(20)15-16-9-3-1-4-10-16;15-14(10-6-2-1-3-7-10)12-9-5-4-8-11(12)13(16)17-14/h1-14,24H,15H2;1-9H. The van der Waals surface area contributed by atoms with E-state index in [2.05, 4.69) is 0 Å². The molecule has 2 heterocycles. The summed E-state index contributed by atoms with van der Waals surface area (Å²) in [5, 5.41) is 10.4. The number of benzene rings is 5. The molecule has 5 aromatic rings. The van der Waals surface area contributed by atoms with Crippen molar-refractivity contribution in [3.8, 4) is 0 Å². The Kier molecular flexibility index (Phi) is 6.91. The van der Waals surface area contributed by atoms with Crippen LogP contribution in [0.3, 0.4) is 0 Å². The number of amides is 1. The van der Waals surface area contributed by atoms with E-state index in [1.54, 1.807) is 23.1 Å². The summed E-state index contributed by atoms with van der Waals surface area (Å²) in [4.78, 5) is 26.2. The van der Waals surface area contributed by atoms with Gasteiger partial charge in [0.25, 0.3) is 5.91 Å². The van der Waals surface area contributed by atoms with Gasteiger partial charge in [-0.3, -0.25) is 9.69 Å². The molecule has 0 spiro atoms. The summed E-state index contributed by atoms with van der Waals surface area (Å²) in [5.41, 5.74) is 3.42. The third kappa shape index (κ3) is 4.59. The van der Waals surface area contributed by atoms with Gasteiger partial charge in [-0.1, -0.05) is 139 Å². The first-order valence-corrected chi connectivity index (χ1v) is 13.6. The monoisotopic (exact) mass is 559 g/mol. The van der Waals surface area contributed by atoms with E-state index in [1.165, 1.54) is 0 Å². The van der Waals surface area contributed by atoms with Gasteiger partial charge in [0.2, 0.25) is 5.06 Å². The van der Waals surface area contributed by atoms with Crippen molar-refractivity contribution in [2.45, 2.75) is 17.3 Å². The Labute approximate surface area is 243 Å². The van der Waals surface area contributed by atoms with Crippen molar-refractivity contribution < 1.29 is 19.4 Å². The van der Waals surface area contributed by atoms with E-state index in [9.17, 15) is 14.7 Å². The lowest BCUT2D eigenvalue weighted by atomic mass is 9.93. The second kappa shape index (κ2) is 10.7. The molecule has 0 fully saturated rings. The average molecular weight is 560 g/mol. The van der Waals surface area contributed by atoms with Gasteiger partial charge in [0, 0.05) is 34.4 Å². The van der Waals surface area contributed by atoms with Crippen LogP contribution in [0.2, 0.25) is 0 Å². The molecule has 0 saturated heterocycles. The number of ether oxygens (including phenoxy) is 1. The number of aliphatic hydroxyl groups is 1. The zero-order valence-electron chi connectivity index (χ0n) is 22.0. The zero-order valence-corrected chi connectivity index (χ0v) is 22.7. The fourth-order valence-electron chi connectivity index (χ4n) is 5.39. The van der Waals surface area contributed by atoms with Gasteiger partial charge in [-0.05, 0) is 17.7 Å². The third-order valence-corrected chi connectivity index (χ3v) is 7.90. The minimum Gasteiger partial charge on any atom is -0.431 e. The first-order chi connectivity index (χ1) is 19.9. The molecule has 2 aliphatic heterocycles. The van der Waals surface area contributed by atoms with Crippen molar-refractivity contribution in [2.75, 3.05) is 0 Å². The number of halogens is 1. The van der Waals surface area contributed by atoms with Crippen LogP contribution < -0.4 is 0 Å². The molecule has 41 heavy (non-hydrogen) atoms. The molecular weight excluding hydrogens is 534 g/mol. The highest BCUT2D eigenvalue weighted by molar-refractivity contribution is 6.27. The smallest absolute Gasteiger partial charge is 0.340 e. The Bertz CT molecular complexity index is 1710.